The van der Waals surface area contributed by atoms with Crippen LogP contribution in [0.5, 0.6) is 0 Å². The average Bonchev–Trinajstić information content (AvgIpc) is 3.21. The van der Waals surface area contributed by atoms with E-state index >= 15 is 0 Å². The second kappa shape index (κ2) is 8.33. The molecule has 2 atom stereocenters. The van der Waals surface area contributed by atoms with Crippen LogP contribution in [-0.2, 0) is 4.79 Å². The first-order valence-corrected chi connectivity index (χ1v) is 8.68. The summed E-state index contributed by atoms with van der Waals surface area (Å²) in [6.45, 7) is 1.84. The maximum Gasteiger partial charge on any atom is 0.282 e. The molecule has 1 aromatic heterocycles. The fraction of sp³-hybridized carbons (Fsp3) is 0.143. The molecule has 0 aliphatic carbocycles. The summed E-state index contributed by atoms with van der Waals surface area (Å²) in [6.07, 6.45) is 1.63. The van der Waals surface area contributed by atoms with Crippen molar-refractivity contribution in [2.24, 2.45) is 5.73 Å². The lowest BCUT2D eigenvalue weighted by molar-refractivity contribution is -0.706. The maximum absolute atomic E-state index is 12.6. The van der Waals surface area contributed by atoms with Gasteiger partial charge in [-0.25, -0.2) is 0 Å². The van der Waals surface area contributed by atoms with E-state index in [0.29, 0.717) is 11.3 Å². The number of nitrogens with one attached hydrogen (secondary N) is 1. The molecule has 0 spiro atoms. The third-order valence-corrected chi connectivity index (χ3v) is 4.34. The molecular formula is C21H22N3O3+. The van der Waals surface area contributed by atoms with Gasteiger partial charge in [-0.1, -0.05) is 30.3 Å². The van der Waals surface area contributed by atoms with E-state index in [0.717, 1.165) is 11.3 Å². The van der Waals surface area contributed by atoms with Gasteiger partial charge in [0.05, 0.1) is 6.26 Å². The van der Waals surface area contributed by atoms with Crippen LogP contribution in [0, 0.1) is 0 Å². The molecule has 5 N–H and O–H groups in total. The smallest absolute Gasteiger partial charge is 0.282 e. The molecule has 6 heteroatoms. The third kappa shape index (κ3) is 4.62. The molecule has 3 rings (SSSR count). The van der Waals surface area contributed by atoms with Crippen LogP contribution >= 0.6 is 0 Å². The van der Waals surface area contributed by atoms with Crippen LogP contribution in [0.2, 0.25) is 0 Å². The highest BCUT2D eigenvalue weighted by molar-refractivity contribution is 5.95. The minimum atomic E-state index is -0.501. The lowest BCUT2D eigenvalue weighted by atomic mass is 10.0. The number of carbonyl (C=O) groups excluding carboxylic acids is 2. The summed E-state index contributed by atoms with van der Waals surface area (Å²) in [7, 11) is 0. The number of rotatable bonds is 7. The highest BCUT2D eigenvalue weighted by Crippen LogP contribution is 2.18. The molecule has 2 aromatic carbocycles. The number of hydrogen-bond donors (Lipinski definition) is 3. The predicted molar refractivity (Wildman–Crippen MR) is 102 cm³/mol. The van der Waals surface area contributed by atoms with Crippen molar-refractivity contribution >= 4 is 17.5 Å². The number of amides is 2. The van der Waals surface area contributed by atoms with Gasteiger partial charge in [-0.15, -0.1) is 0 Å². The largest absolute Gasteiger partial charge is 0.463 e. The number of anilines is 1. The summed E-state index contributed by atoms with van der Waals surface area (Å²) < 4.78 is 5.58. The van der Waals surface area contributed by atoms with Gasteiger partial charge in [0.1, 0.15) is 0 Å². The Bertz CT molecular complexity index is 890. The molecule has 0 saturated carbocycles. The molecular weight excluding hydrogens is 342 g/mol. The van der Waals surface area contributed by atoms with E-state index in [1.165, 1.54) is 0 Å². The standard InChI is InChI=1S/C21H21N3O3/c1-14(21(26)24-17-11-9-16(10-12-17)20(22)25)23-19(18-8-5-13-27-18)15-6-3-2-4-7-15/h2-14,19,23H,1H3,(H2,22,25)(H,24,26)/p+1/t14-,19-/m0/s1. The first-order valence-electron chi connectivity index (χ1n) is 8.68. The van der Waals surface area contributed by atoms with Gasteiger partial charge < -0.3 is 20.8 Å². The molecule has 2 amide bonds. The Kier molecular flexibility index (Phi) is 5.68. The number of hydrogen-bond acceptors (Lipinski definition) is 3. The zero-order valence-electron chi connectivity index (χ0n) is 15.0. The molecule has 0 radical (unpaired) electrons. The van der Waals surface area contributed by atoms with Gasteiger partial charge in [0.2, 0.25) is 5.91 Å². The minimum Gasteiger partial charge on any atom is -0.463 e. The normalized spacial score (nSPS) is 12.9. The van der Waals surface area contributed by atoms with Crippen LogP contribution < -0.4 is 16.4 Å². The Labute approximate surface area is 157 Å². The van der Waals surface area contributed by atoms with Crippen LogP contribution in [0.4, 0.5) is 5.69 Å². The third-order valence-electron chi connectivity index (χ3n) is 4.34. The van der Waals surface area contributed by atoms with Crippen molar-refractivity contribution in [1.82, 2.24) is 0 Å². The summed E-state index contributed by atoms with van der Waals surface area (Å²) >= 11 is 0. The van der Waals surface area contributed by atoms with Crippen LogP contribution in [-0.4, -0.2) is 17.9 Å². The number of furan rings is 1. The van der Waals surface area contributed by atoms with E-state index in [-0.39, 0.29) is 18.0 Å². The van der Waals surface area contributed by atoms with Gasteiger partial charge in [0, 0.05) is 16.8 Å². The molecule has 0 saturated heterocycles. The van der Waals surface area contributed by atoms with Crippen molar-refractivity contribution in [1.29, 1.82) is 0 Å². The number of nitrogens with two attached hydrogens (primary N) is 2. The van der Waals surface area contributed by atoms with Crippen LogP contribution in [0.25, 0.3) is 0 Å². The quantitative estimate of drug-likeness (QED) is 0.598. The van der Waals surface area contributed by atoms with Gasteiger partial charge in [-0.05, 0) is 43.3 Å². The topological polar surface area (TPSA) is 102 Å². The lowest BCUT2D eigenvalue weighted by Crippen LogP contribution is -2.92. The minimum absolute atomic E-state index is 0.126. The Hall–Kier alpha value is -3.38. The van der Waals surface area contributed by atoms with Crippen molar-refractivity contribution in [3.05, 3.63) is 89.9 Å². The lowest BCUT2D eigenvalue weighted by Gasteiger charge is -2.18. The highest BCUT2D eigenvalue weighted by atomic mass is 16.3. The SMILES string of the molecule is C[C@H]([NH2+][C@@H](c1ccccc1)c1ccco1)C(=O)Nc1ccc(C(N)=O)cc1. The zero-order chi connectivity index (χ0) is 19.2. The Morgan fingerprint density at radius 1 is 1.00 bits per heavy atom. The number of primary amides is 1. The molecule has 0 aliphatic heterocycles. The summed E-state index contributed by atoms with van der Waals surface area (Å²) in [4.78, 5) is 23.7. The Morgan fingerprint density at radius 2 is 1.70 bits per heavy atom. The summed E-state index contributed by atoms with van der Waals surface area (Å²) in [5.74, 6) is 0.139. The molecule has 1 heterocycles. The molecule has 3 aromatic rings. The predicted octanol–water partition coefficient (Wildman–Crippen LogP) is 2.06. The van der Waals surface area contributed by atoms with Gasteiger partial charge >= 0.3 is 0 Å². The molecule has 0 aliphatic rings. The van der Waals surface area contributed by atoms with Crippen molar-refractivity contribution in [2.45, 2.75) is 19.0 Å². The monoisotopic (exact) mass is 364 g/mol. The van der Waals surface area contributed by atoms with Gasteiger partial charge in [0.15, 0.2) is 17.8 Å². The maximum atomic E-state index is 12.6. The second-order valence-electron chi connectivity index (χ2n) is 6.32. The summed E-state index contributed by atoms with van der Waals surface area (Å²) in [5, 5.41) is 4.82. The van der Waals surface area contributed by atoms with Crippen molar-refractivity contribution in [2.75, 3.05) is 5.32 Å². The van der Waals surface area contributed by atoms with Crippen molar-refractivity contribution in [3.8, 4) is 0 Å². The number of benzene rings is 2. The van der Waals surface area contributed by atoms with Crippen molar-refractivity contribution < 1.29 is 19.3 Å². The summed E-state index contributed by atoms with van der Waals surface area (Å²) in [5.41, 5.74) is 7.29. The molecule has 0 unspecified atom stereocenters. The van der Waals surface area contributed by atoms with E-state index in [1.807, 2.05) is 54.7 Å². The van der Waals surface area contributed by atoms with E-state index in [1.54, 1.807) is 30.5 Å². The first-order chi connectivity index (χ1) is 13.0. The van der Waals surface area contributed by atoms with Crippen LogP contribution in [0.1, 0.15) is 34.6 Å². The van der Waals surface area contributed by atoms with Gasteiger partial charge in [-0.2, -0.15) is 0 Å². The highest BCUT2D eigenvalue weighted by Gasteiger charge is 2.26. The Balaban J connectivity index is 1.70. The molecule has 6 nitrogen and oxygen atoms in total. The Morgan fingerprint density at radius 3 is 2.30 bits per heavy atom. The summed E-state index contributed by atoms with van der Waals surface area (Å²) in [6, 6.07) is 19.6. The van der Waals surface area contributed by atoms with Crippen LogP contribution in [0.3, 0.4) is 0 Å². The van der Waals surface area contributed by atoms with Gasteiger partial charge in [-0.3, -0.25) is 9.59 Å². The fourth-order valence-corrected chi connectivity index (χ4v) is 2.85. The number of quaternary nitrogens is 1. The van der Waals surface area contributed by atoms with E-state index < -0.39 is 5.91 Å². The molecule has 0 bridgehead atoms. The van der Waals surface area contributed by atoms with E-state index in [4.69, 9.17) is 10.2 Å². The molecule has 27 heavy (non-hydrogen) atoms. The first kappa shape index (κ1) is 18.4. The van der Waals surface area contributed by atoms with E-state index in [2.05, 4.69) is 5.32 Å². The zero-order valence-corrected chi connectivity index (χ0v) is 15.0. The van der Waals surface area contributed by atoms with Crippen LogP contribution in [0.15, 0.2) is 77.4 Å². The number of carbonyl (C=O) groups is 2. The fourth-order valence-electron chi connectivity index (χ4n) is 2.85. The average molecular weight is 364 g/mol. The van der Waals surface area contributed by atoms with Gasteiger partial charge in [0.25, 0.3) is 5.91 Å². The second-order valence-corrected chi connectivity index (χ2v) is 6.32. The van der Waals surface area contributed by atoms with E-state index in [9.17, 15) is 9.59 Å². The molecule has 0 fully saturated rings. The molecule has 138 valence electrons. The van der Waals surface area contributed by atoms with Crippen molar-refractivity contribution in [3.63, 3.8) is 0 Å².